The average molecular weight is 544 g/mol. The van der Waals surface area contributed by atoms with Crippen molar-refractivity contribution < 1.29 is 43.6 Å². The number of carbonyl (C=O) groups excluding carboxylic acids is 1. The van der Waals surface area contributed by atoms with Gasteiger partial charge >= 0.3 is 11.9 Å². The van der Waals surface area contributed by atoms with E-state index in [0.717, 1.165) is 30.6 Å². The number of carboxylic acid groups (broad SMARTS) is 2. The van der Waals surface area contributed by atoms with Gasteiger partial charge in [-0.15, -0.1) is 0 Å². The summed E-state index contributed by atoms with van der Waals surface area (Å²) in [4.78, 5) is 35.7. The standard InChI is InChI=1S/C28H43F2NO7/c1-15(4-7-22(34)31(12-23(35)36)13-24(37)38)17-5-6-18-25-19(8-9-26(17,18)2)27(3)14-28(29,30)21(33)11-16(27)10-20(25)32/h15-21,25,32-33H,4-14H2,1-3H3,(H,35,36)(H,37,38)/t15-,16-,17-,18?,19?,20?,21-,25?,26-,27+/m1/s1. The maximum absolute atomic E-state index is 14.7. The number of carbonyl (C=O) groups is 3. The van der Waals surface area contributed by atoms with Crippen LogP contribution >= 0.6 is 0 Å². The quantitative estimate of drug-likeness (QED) is 0.367. The maximum atomic E-state index is 14.7. The average Bonchev–Trinajstić information content (AvgIpc) is 3.15. The summed E-state index contributed by atoms with van der Waals surface area (Å²) in [6.45, 7) is 4.96. The molecule has 0 aromatic rings. The van der Waals surface area contributed by atoms with Gasteiger partial charge < -0.3 is 25.3 Å². The number of fused-ring (bicyclic) bond motifs is 5. The second-order valence-corrected chi connectivity index (χ2v) is 13.3. The number of rotatable bonds is 8. The molecule has 216 valence electrons. The van der Waals surface area contributed by atoms with Crippen LogP contribution in [-0.4, -0.2) is 74.4 Å². The van der Waals surface area contributed by atoms with Gasteiger partial charge in [0.05, 0.1) is 6.10 Å². The summed E-state index contributed by atoms with van der Waals surface area (Å²) in [7, 11) is 0. The van der Waals surface area contributed by atoms with Crippen molar-refractivity contribution in [3.63, 3.8) is 0 Å². The topological polar surface area (TPSA) is 135 Å². The lowest BCUT2D eigenvalue weighted by Crippen LogP contribution is -2.62. The van der Waals surface area contributed by atoms with E-state index in [-0.39, 0.29) is 60.2 Å². The van der Waals surface area contributed by atoms with Crippen LogP contribution in [0.1, 0.15) is 78.6 Å². The number of hydrogen-bond acceptors (Lipinski definition) is 5. The predicted octanol–water partition coefficient (Wildman–Crippen LogP) is 3.64. The predicted molar refractivity (Wildman–Crippen MR) is 133 cm³/mol. The van der Waals surface area contributed by atoms with Gasteiger partial charge in [-0.1, -0.05) is 20.8 Å². The number of alkyl halides is 2. The lowest BCUT2D eigenvalue weighted by molar-refractivity contribution is -0.236. The van der Waals surface area contributed by atoms with E-state index >= 15 is 0 Å². The van der Waals surface area contributed by atoms with Crippen LogP contribution in [-0.2, 0) is 14.4 Å². The zero-order valence-corrected chi connectivity index (χ0v) is 22.6. The molecule has 0 saturated heterocycles. The number of amides is 1. The molecule has 8 nitrogen and oxygen atoms in total. The van der Waals surface area contributed by atoms with Crippen molar-refractivity contribution in [3.05, 3.63) is 0 Å². The van der Waals surface area contributed by atoms with Crippen molar-refractivity contribution in [3.8, 4) is 0 Å². The summed E-state index contributed by atoms with van der Waals surface area (Å²) < 4.78 is 29.4. The molecule has 1 amide bonds. The summed E-state index contributed by atoms with van der Waals surface area (Å²) in [6.07, 6.45) is 1.86. The van der Waals surface area contributed by atoms with Crippen LogP contribution in [0.15, 0.2) is 0 Å². The fourth-order valence-electron chi connectivity index (χ4n) is 9.47. The Hall–Kier alpha value is -1.81. The Balaban J connectivity index is 1.46. The zero-order chi connectivity index (χ0) is 28.2. The Kier molecular flexibility index (Phi) is 7.91. The highest BCUT2D eigenvalue weighted by atomic mass is 19.3. The molecule has 4 saturated carbocycles. The Labute approximate surface area is 222 Å². The molecule has 0 spiro atoms. The molecule has 0 heterocycles. The highest BCUT2D eigenvalue weighted by Crippen LogP contribution is 2.69. The largest absolute Gasteiger partial charge is 0.480 e. The third kappa shape index (κ3) is 5.07. The van der Waals surface area contributed by atoms with Gasteiger partial charge in [0.2, 0.25) is 5.91 Å². The van der Waals surface area contributed by atoms with Crippen molar-refractivity contribution in [1.29, 1.82) is 0 Å². The zero-order valence-electron chi connectivity index (χ0n) is 22.6. The van der Waals surface area contributed by atoms with Gasteiger partial charge in [-0.2, -0.15) is 0 Å². The summed E-state index contributed by atoms with van der Waals surface area (Å²) in [5.74, 6) is -5.77. The number of hydrogen-bond donors (Lipinski definition) is 4. The number of aliphatic hydroxyl groups is 2. The van der Waals surface area contributed by atoms with E-state index in [9.17, 15) is 33.4 Å². The van der Waals surface area contributed by atoms with Gasteiger partial charge in [0, 0.05) is 12.8 Å². The van der Waals surface area contributed by atoms with Crippen LogP contribution < -0.4 is 0 Å². The van der Waals surface area contributed by atoms with E-state index in [2.05, 4.69) is 13.8 Å². The molecule has 0 aromatic carbocycles. The monoisotopic (exact) mass is 543 g/mol. The third-order valence-corrected chi connectivity index (χ3v) is 11.3. The molecule has 0 bridgehead atoms. The second-order valence-electron chi connectivity index (χ2n) is 13.3. The fraction of sp³-hybridized carbons (Fsp3) is 0.893. The summed E-state index contributed by atoms with van der Waals surface area (Å²) in [5, 5.41) is 39.5. The van der Waals surface area contributed by atoms with E-state index in [0.29, 0.717) is 12.8 Å². The van der Waals surface area contributed by atoms with Gasteiger partial charge in [0.25, 0.3) is 5.92 Å². The van der Waals surface area contributed by atoms with Crippen molar-refractivity contribution in [2.24, 2.45) is 46.3 Å². The van der Waals surface area contributed by atoms with Gasteiger partial charge in [-0.3, -0.25) is 14.4 Å². The molecule has 4 unspecified atom stereocenters. The summed E-state index contributed by atoms with van der Waals surface area (Å²) in [5.41, 5.74) is -0.728. The number of halogens is 2. The van der Waals surface area contributed by atoms with Gasteiger partial charge in [-0.25, -0.2) is 8.78 Å². The van der Waals surface area contributed by atoms with Crippen molar-refractivity contribution in [2.45, 2.75) is 96.7 Å². The molecule has 10 atom stereocenters. The minimum atomic E-state index is -3.12. The van der Waals surface area contributed by atoms with E-state index in [1.807, 2.05) is 6.92 Å². The number of aliphatic carboxylic acids is 2. The molecule has 0 aromatic heterocycles. The van der Waals surface area contributed by atoms with E-state index in [4.69, 9.17) is 10.2 Å². The summed E-state index contributed by atoms with van der Waals surface area (Å²) >= 11 is 0. The third-order valence-electron chi connectivity index (χ3n) is 11.3. The molecular formula is C28H43F2NO7. The molecule has 4 aliphatic carbocycles. The van der Waals surface area contributed by atoms with E-state index in [1.54, 1.807) is 0 Å². The Bertz CT molecular complexity index is 930. The molecule has 38 heavy (non-hydrogen) atoms. The number of aliphatic hydroxyl groups excluding tert-OH is 2. The van der Waals surface area contributed by atoms with Crippen molar-refractivity contribution in [2.75, 3.05) is 13.1 Å². The highest BCUT2D eigenvalue weighted by molar-refractivity contribution is 5.85. The van der Waals surface area contributed by atoms with Gasteiger partial charge in [0.1, 0.15) is 19.2 Å². The van der Waals surface area contributed by atoms with Crippen LogP contribution in [0, 0.1) is 46.3 Å². The molecule has 4 N–H and O–H groups in total. The SMILES string of the molecule is C[C@H](CCC(=O)N(CC(=O)O)CC(=O)O)[C@H]1CCC2C3C(O)C[C@@H]4C[C@@H](O)C(F)(F)C[C@]4(C)C3CC[C@@]21C. The maximum Gasteiger partial charge on any atom is 0.323 e. The first-order chi connectivity index (χ1) is 17.6. The Morgan fingerprint density at radius 3 is 2.16 bits per heavy atom. The van der Waals surface area contributed by atoms with Crippen LogP contribution in [0.25, 0.3) is 0 Å². The van der Waals surface area contributed by atoms with Crippen LogP contribution in [0.5, 0.6) is 0 Å². The van der Waals surface area contributed by atoms with Crippen LogP contribution in [0.3, 0.4) is 0 Å². The molecule has 0 aliphatic heterocycles. The van der Waals surface area contributed by atoms with Crippen molar-refractivity contribution in [1.82, 2.24) is 4.90 Å². The fourth-order valence-corrected chi connectivity index (χ4v) is 9.47. The molecular weight excluding hydrogens is 500 g/mol. The highest BCUT2D eigenvalue weighted by Gasteiger charge is 2.66. The first-order valence-electron chi connectivity index (χ1n) is 14.1. The van der Waals surface area contributed by atoms with Gasteiger partial charge in [-0.05, 0) is 91.3 Å². The minimum absolute atomic E-state index is 0.0241. The minimum Gasteiger partial charge on any atom is -0.480 e. The van der Waals surface area contributed by atoms with E-state index in [1.165, 1.54) is 0 Å². The van der Waals surface area contributed by atoms with Crippen molar-refractivity contribution >= 4 is 17.8 Å². The lowest BCUT2D eigenvalue weighted by atomic mass is 9.43. The Morgan fingerprint density at radius 1 is 0.947 bits per heavy atom. The second kappa shape index (κ2) is 10.3. The first-order valence-corrected chi connectivity index (χ1v) is 14.1. The van der Waals surface area contributed by atoms with E-state index < -0.39 is 54.5 Å². The van der Waals surface area contributed by atoms with Gasteiger partial charge in [0.15, 0.2) is 0 Å². The number of carboxylic acids is 2. The molecule has 4 rings (SSSR count). The normalized spacial score (nSPS) is 42.3. The lowest BCUT2D eigenvalue weighted by Gasteiger charge is -2.63. The Morgan fingerprint density at radius 2 is 1.55 bits per heavy atom. The molecule has 4 fully saturated rings. The van der Waals surface area contributed by atoms with Crippen LogP contribution in [0.2, 0.25) is 0 Å². The van der Waals surface area contributed by atoms with Crippen LogP contribution in [0.4, 0.5) is 8.78 Å². The molecule has 4 aliphatic rings. The molecule has 10 heteroatoms. The first kappa shape index (κ1) is 29.2. The number of nitrogens with zero attached hydrogens (tertiary/aromatic N) is 1. The molecule has 0 radical (unpaired) electrons. The smallest absolute Gasteiger partial charge is 0.323 e. The summed E-state index contributed by atoms with van der Waals surface area (Å²) in [6, 6.07) is 0.